The SMILES string of the molecule is COc1ccc(SCC(=O)NCc2ccc(Br)s2)cc1. The predicted octanol–water partition coefficient (Wildman–Crippen LogP) is 3.93. The van der Waals surface area contributed by atoms with Crippen LogP contribution in [0.3, 0.4) is 0 Å². The minimum atomic E-state index is 0.0374. The Labute approximate surface area is 134 Å². The summed E-state index contributed by atoms with van der Waals surface area (Å²) in [5.74, 6) is 1.27. The first-order valence-corrected chi connectivity index (χ1v) is 8.54. The van der Waals surface area contributed by atoms with Crippen molar-refractivity contribution >= 4 is 44.9 Å². The van der Waals surface area contributed by atoms with Gasteiger partial charge < -0.3 is 10.1 Å². The summed E-state index contributed by atoms with van der Waals surface area (Å²) in [6.45, 7) is 0.582. The van der Waals surface area contributed by atoms with Crippen molar-refractivity contribution in [3.63, 3.8) is 0 Å². The summed E-state index contributed by atoms with van der Waals surface area (Å²) in [5.41, 5.74) is 0. The number of halogens is 1. The zero-order valence-electron chi connectivity index (χ0n) is 10.9. The summed E-state index contributed by atoms with van der Waals surface area (Å²) in [6.07, 6.45) is 0. The number of nitrogens with one attached hydrogen (secondary N) is 1. The number of rotatable bonds is 6. The van der Waals surface area contributed by atoms with Crippen molar-refractivity contribution < 1.29 is 9.53 Å². The molecule has 1 aromatic carbocycles. The van der Waals surface area contributed by atoms with E-state index >= 15 is 0 Å². The summed E-state index contributed by atoms with van der Waals surface area (Å²) in [6, 6.07) is 11.7. The van der Waals surface area contributed by atoms with Crippen molar-refractivity contribution in [3.8, 4) is 5.75 Å². The largest absolute Gasteiger partial charge is 0.497 e. The topological polar surface area (TPSA) is 38.3 Å². The maximum absolute atomic E-state index is 11.8. The molecule has 2 rings (SSSR count). The molecule has 0 radical (unpaired) electrons. The number of hydrogen-bond donors (Lipinski definition) is 1. The van der Waals surface area contributed by atoms with Gasteiger partial charge in [-0.1, -0.05) is 0 Å². The Kier molecular flexibility index (Phi) is 5.94. The molecule has 0 atom stereocenters. The number of methoxy groups -OCH3 is 1. The first-order chi connectivity index (χ1) is 9.67. The van der Waals surface area contributed by atoms with Crippen molar-refractivity contribution in [2.75, 3.05) is 12.9 Å². The van der Waals surface area contributed by atoms with Crippen molar-refractivity contribution in [2.24, 2.45) is 0 Å². The number of benzene rings is 1. The van der Waals surface area contributed by atoms with Crippen LogP contribution in [0.2, 0.25) is 0 Å². The molecule has 0 spiro atoms. The Balaban J connectivity index is 1.74. The van der Waals surface area contributed by atoms with E-state index in [0.717, 1.165) is 19.3 Å². The van der Waals surface area contributed by atoms with E-state index in [2.05, 4.69) is 21.2 Å². The molecule has 0 unspecified atom stereocenters. The molecule has 3 nitrogen and oxygen atoms in total. The van der Waals surface area contributed by atoms with Crippen LogP contribution >= 0.6 is 39.0 Å². The molecule has 20 heavy (non-hydrogen) atoms. The monoisotopic (exact) mass is 371 g/mol. The van der Waals surface area contributed by atoms with Crippen molar-refractivity contribution in [3.05, 3.63) is 45.1 Å². The fourth-order valence-electron chi connectivity index (χ4n) is 1.50. The molecule has 1 N–H and O–H groups in total. The third-order valence-corrected chi connectivity index (χ3v) is 5.15. The second-order valence-electron chi connectivity index (χ2n) is 3.95. The summed E-state index contributed by atoms with van der Waals surface area (Å²) < 4.78 is 6.17. The highest BCUT2D eigenvalue weighted by atomic mass is 79.9. The second kappa shape index (κ2) is 7.71. The Morgan fingerprint density at radius 1 is 1.30 bits per heavy atom. The van der Waals surface area contributed by atoms with Gasteiger partial charge in [0, 0.05) is 9.77 Å². The summed E-state index contributed by atoms with van der Waals surface area (Å²) in [4.78, 5) is 13.9. The standard InChI is InChI=1S/C14H14BrNO2S2/c1-18-10-2-4-11(5-3-10)19-9-14(17)16-8-12-6-7-13(15)20-12/h2-7H,8-9H2,1H3,(H,16,17). The summed E-state index contributed by atoms with van der Waals surface area (Å²) in [7, 11) is 1.64. The zero-order chi connectivity index (χ0) is 14.4. The quantitative estimate of drug-likeness (QED) is 0.781. The van der Waals surface area contributed by atoms with Gasteiger partial charge in [0.2, 0.25) is 5.91 Å². The molecule has 0 saturated carbocycles. The number of thiophene rings is 1. The first kappa shape index (κ1) is 15.4. The number of thioether (sulfide) groups is 1. The molecule has 0 aliphatic rings. The lowest BCUT2D eigenvalue weighted by atomic mass is 10.3. The Hall–Kier alpha value is -0.980. The van der Waals surface area contributed by atoms with E-state index in [9.17, 15) is 4.79 Å². The number of carbonyl (C=O) groups excluding carboxylic acids is 1. The van der Waals surface area contributed by atoms with E-state index < -0.39 is 0 Å². The number of hydrogen-bond acceptors (Lipinski definition) is 4. The first-order valence-electron chi connectivity index (χ1n) is 5.95. The van der Waals surface area contributed by atoms with Crippen molar-refractivity contribution in [1.29, 1.82) is 0 Å². The fourth-order valence-corrected chi connectivity index (χ4v) is 3.66. The van der Waals surface area contributed by atoms with Gasteiger partial charge in [-0.15, -0.1) is 23.1 Å². The highest BCUT2D eigenvalue weighted by Crippen LogP contribution is 2.22. The van der Waals surface area contributed by atoms with Crippen LogP contribution in [0.5, 0.6) is 5.75 Å². The fraction of sp³-hybridized carbons (Fsp3) is 0.214. The number of ether oxygens (including phenoxy) is 1. The lowest BCUT2D eigenvalue weighted by molar-refractivity contribution is -0.118. The minimum absolute atomic E-state index is 0.0374. The van der Waals surface area contributed by atoms with Crippen LogP contribution in [0.15, 0.2) is 45.1 Å². The van der Waals surface area contributed by atoms with Gasteiger partial charge in [-0.3, -0.25) is 4.79 Å². The van der Waals surface area contributed by atoms with Gasteiger partial charge in [-0.05, 0) is 52.3 Å². The molecule has 106 valence electrons. The lowest BCUT2D eigenvalue weighted by Gasteiger charge is -2.04. The van der Waals surface area contributed by atoms with Gasteiger partial charge in [0.15, 0.2) is 0 Å². The van der Waals surface area contributed by atoms with Crippen LogP contribution < -0.4 is 10.1 Å². The normalized spacial score (nSPS) is 10.3. The van der Waals surface area contributed by atoms with E-state index in [-0.39, 0.29) is 5.91 Å². The van der Waals surface area contributed by atoms with Gasteiger partial charge in [-0.2, -0.15) is 0 Å². The third kappa shape index (κ3) is 4.85. The molecule has 2 aromatic rings. The van der Waals surface area contributed by atoms with Gasteiger partial charge >= 0.3 is 0 Å². The second-order valence-corrected chi connectivity index (χ2v) is 7.54. The zero-order valence-corrected chi connectivity index (χ0v) is 14.1. The molecule has 6 heteroatoms. The molecule has 0 aliphatic carbocycles. The van der Waals surface area contributed by atoms with E-state index in [4.69, 9.17) is 4.74 Å². The smallest absolute Gasteiger partial charge is 0.230 e. The van der Waals surface area contributed by atoms with E-state index in [1.54, 1.807) is 18.4 Å². The van der Waals surface area contributed by atoms with Crippen LogP contribution in [0, 0.1) is 0 Å². The molecule has 1 amide bonds. The molecular formula is C14H14BrNO2S2. The molecule has 0 fully saturated rings. The maximum Gasteiger partial charge on any atom is 0.230 e. The Morgan fingerprint density at radius 2 is 2.05 bits per heavy atom. The van der Waals surface area contributed by atoms with E-state index in [0.29, 0.717) is 12.3 Å². The van der Waals surface area contributed by atoms with Crippen LogP contribution in [0.4, 0.5) is 0 Å². The lowest BCUT2D eigenvalue weighted by Crippen LogP contribution is -2.24. The number of amides is 1. The molecule has 0 saturated heterocycles. The molecule has 1 aromatic heterocycles. The van der Waals surface area contributed by atoms with E-state index in [1.165, 1.54) is 11.8 Å². The van der Waals surface area contributed by atoms with E-state index in [1.807, 2.05) is 36.4 Å². The van der Waals surface area contributed by atoms with Gasteiger partial charge in [0.05, 0.1) is 23.2 Å². The predicted molar refractivity (Wildman–Crippen MR) is 87.6 cm³/mol. The summed E-state index contributed by atoms with van der Waals surface area (Å²) in [5, 5.41) is 2.91. The third-order valence-electron chi connectivity index (χ3n) is 2.52. The van der Waals surface area contributed by atoms with Crippen LogP contribution in [0.25, 0.3) is 0 Å². The highest BCUT2D eigenvalue weighted by molar-refractivity contribution is 9.11. The highest BCUT2D eigenvalue weighted by Gasteiger charge is 2.04. The van der Waals surface area contributed by atoms with Gasteiger partial charge in [0.1, 0.15) is 5.75 Å². The minimum Gasteiger partial charge on any atom is -0.497 e. The Morgan fingerprint density at radius 3 is 2.65 bits per heavy atom. The maximum atomic E-state index is 11.8. The molecule has 1 heterocycles. The van der Waals surface area contributed by atoms with Crippen LogP contribution in [-0.2, 0) is 11.3 Å². The number of carbonyl (C=O) groups is 1. The molecule has 0 bridgehead atoms. The average Bonchev–Trinajstić information content (AvgIpc) is 2.89. The van der Waals surface area contributed by atoms with Crippen molar-refractivity contribution in [2.45, 2.75) is 11.4 Å². The van der Waals surface area contributed by atoms with Gasteiger partial charge in [-0.25, -0.2) is 0 Å². The van der Waals surface area contributed by atoms with Crippen LogP contribution in [-0.4, -0.2) is 18.8 Å². The van der Waals surface area contributed by atoms with Crippen molar-refractivity contribution in [1.82, 2.24) is 5.32 Å². The Bertz CT molecular complexity index is 569. The molecular weight excluding hydrogens is 358 g/mol. The summed E-state index contributed by atoms with van der Waals surface area (Å²) >= 11 is 6.55. The average molecular weight is 372 g/mol. The van der Waals surface area contributed by atoms with Gasteiger partial charge in [0.25, 0.3) is 0 Å². The van der Waals surface area contributed by atoms with Crippen LogP contribution in [0.1, 0.15) is 4.88 Å². The molecule has 0 aliphatic heterocycles.